The molecule has 2 rings (SSSR count). The predicted molar refractivity (Wildman–Crippen MR) is 61.4 cm³/mol. The second kappa shape index (κ2) is 3.87. The number of aromatic amines is 1. The molecule has 0 spiro atoms. The van der Waals surface area contributed by atoms with E-state index in [0.717, 1.165) is 22.5 Å². The van der Waals surface area contributed by atoms with Crippen molar-refractivity contribution in [3.05, 3.63) is 41.6 Å². The summed E-state index contributed by atoms with van der Waals surface area (Å²) in [4.78, 5) is 0. The number of hydrogen-bond acceptors (Lipinski definition) is 2. The Morgan fingerprint density at radius 2 is 1.93 bits per heavy atom. The summed E-state index contributed by atoms with van der Waals surface area (Å²) in [6, 6.07) is 10.1. The quantitative estimate of drug-likeness (QED) is 0.784. The van der Waals surface area contributed by atoms with Gasteiger partial charge in [-0.2, -0.15) is 5.10 Å². The van der Waals surface area contributed by atoms with Crippen LogP contribution in [-0.4, -0.2) is 10.2 Å². The normalized spacial score (nSPS) is 12.7. The molecule has 0 amide bonds. The standard InChI is InChI=1S/C12H15N3/c1-8-11(9(2)13)14-15-12(8)10-6-4-3-5-7-10/h3-7,9H,13H2,1-2H3,(H,14,15). The van der Waals surface area contributed by atoms with Gasteiger partial charge >= 0.3 is 0 Å². The molecule has 1 aromatic heterocycles. The summed E-state index contributed by atoms with van der Waals surface area (Å²) in [6.45, 7) is 4.00. The van der Waals surface area contributed by atoms with E-state index in [0.29, 0.717) is 0 Å². The molecule has 78 valence electrons. The molecule has 1 unspecified atom stereocenters. The Balaban J connectivity index is 2.47. The fraction of sp³-hybridized carbons (Fsp3) is 0.250. The van der Waals surface area contributed by atoms with Crippen molar-refractivity contribution in [3.63, 3.8) is 0 Å². The van der Waals surface area contributed by atoms with Crippen molar-refractivity contribution in [2.45, 2.75) is 19.9 Å². The zero-order valence-electron chi connectivity index (χ0n) is 8.99. The molecular weight excluding hydrogens is 186 g/mol. The van der Waals surface area contributed by atoms with Gasteiger partial charge in [-0.25, -0.2) is 0 Å². The van der Waals surface area contributed by atoms with Crippen LogP contribution in [0.3, 0.4) is 0 Å². The van der Waals surface area contributed by atoms with Crippen LogP contribution in [-0.2, 0) is 0 Å². The molecule has 0 aliphatic carbocycles. The monoisotopic (exact) mass is 201 g/mol. The first-order valence-corrected chi connectivity index (χ1v) is 5.06. The molecule has 1 heterocycles. The van der Waals surface area contributed by atoms with E-state index in [2.05, 4.69) is 10.2 Å². The summed E-state index contributed by atoms with van der Waals surface area (Å²) in [5, 5.41) is 7.30. The van der Waals surface area contributed by atoms with Crippen molar-refractivity contribution in [2.75, 3.05) is 0 Å². The lowest BCUT2D eigenvalue weighted by atomic mass is 10.1. The Morgan fingerprint density at radius 1 is 1.27 bits per heavy atom. The highest BCUT2D eigenvalue weighted by molar-refractivity contribution is 5.63. The van der Waals surface area contributed by atoms with Gasteiger partial charge in [-0.05, 0) is 19.4 Å². The van der Waals surface area contributed by atoms with Gasteiger partial charge in [-0.1, -0.05) is 30.3 Å². The molecule has 0 bridgehead atoms. The van der Waals surface area contributed by atoms with Crippen LogP contribution in [0.4, 0.5) is 0 Å². The van der Waals surface area contributed by atoms with Crippen LogP contribution in [0.5, 0.6) is 0 Å². The summed E-state index contributed by atoms with van der Waals surface area (Å²) in [5.41, 5.74) is 10.1. The molecule has 1 atom stereocenters. The summed E-state index contributed by atoms with van der Waals surface area (Å²) >= 11 is 0. The van der Waals surface area contributed by atoms with Crippen LogP contribution < -0.4 is 5.73 Å². The van der Waals surface area contributed by atoms with Gasteiger partial charge in [0.1, 0.15) is 0 Å². The number of nitrogens with two attached hydrogens (primary N) is 1. The molecule has 0 aliphatic rings. The molecule has 0 aliphatic heterocycles. The van der Waals surface area contributed by atoms with Crippen LogP contribution >= 0.6 is 0 Å². The Morgan fingerprint density at radius 3 is 2.47 bits per heavy atom. The van der Waals surface area contributed by atoms with Gasteiger partial charge in [0.05, 0.1) is 11.4 Å². The van der Waals surface area contributed by atoms with Crippen molar-refractivity contribution in [2.24, 2.45) is 5.73 Å². The average molecular weight is 201 g/mol. The SMILES string of the molecule is Cc1c(-c2ccccc2)n[nH]c1C(C)N. The third-order valence-corrected chi connectivity index (χ3v) is 2.55. The third kappa shape index (κ3) is 1.78. The van der Waals surface area contributed by atoms with Gasteiger partial charge in [0, 0.05) is 11.6 Å². The van der Waals surface area contributed by atoms with E-state index >= 15 is 0 Å². The molecule has 15 heavy (non-hydrogen) atoms. The number of nitrogens with one attached hydrogen (secondary N) is 1. The van der Waals surface area contributed by atoms with Crippen molar-refractivity contribution in [3.8, 4) is 11.3 Å². The van der Waals surface area contributed by atoms with E-state index < -0.39 is 0 Å². The minimum absolute atomic E-state index is 0.00466. The van der Waals surface area contributed by atoms with Gasteiger partial charge in [0.25, 0.3) is 0 Å². The first-order chi connectivity index (χ1) is 7.20. The molecule has 3 N–H and O–H groups in total. The molecular formula is C12H15N3. The van der Waals surface area contributed by atoms with Crippen LogP contribution in [0.15, 0.2) is 30.3 Å². The fourth-order valence-electron chi connectivity index (χ4n) is 1.73. The molecule has 0 saturated carbocycles. The van der Waals surface area contributed by atoms with Crippen LogP contribution in [0.2, 0.25) is 0 Å². The van der Waals surface area contributed by atoms with E-state index in [1.807, 2.05) is 44.2 Å². The summed E-state index contributed by atoms with van der Waals surface area (Å²) in [7, 11) is 0. The second-order valence-corrected chi connectivity index (χ2v) is 3.77. The highest BCUT2D eigenvalue weighted by Gasteiger charge is 2.12. The molecule has 2 aromatic rings. The van der Waals surface area contributed by atoms with E-state index in [-0.39, 0.29) is 6.04 Å². The minimum Gasteiger partial charge on any atom is -0.323 e. The second-order valence-electron chi connectivity index (χ2n) is 3.77. The maximum absolute atomic E-state index is 5.83. The lowest BCUT2D eigenvalue weighted by Crippen LogP contribution is -2.06. The summed E-state index contributed by atoms with van der Waals surface area (Å²) < 4.78 is 0. The largest absolute Gasteiger partial charge is 0.323 e. The lowest BCUT2D eigenvalue weighted by molar-refractivity contribution is 0.766. The van der Waals surface area contributed by atoms with Gasteiger partial charge in [0.2, 0.25) is 0 Å². The first-order valence-electron chi connectivity index (χ1n) is 5.06. The van der Waals surface area contributed by atoms with Crippen molar-refractivity contribution in [1.82, 2.24) is 10.2 Å². The summed E-state index contributed by atoms with van der Waals surface area (Å²) in [6.07, 6.45) is 0. The summed E-state index contributed by atoms with van der Waals surface area (Å²) in [5.74, 6) is 0. The zero-order valence-corrected chi connectivity index (χ0v) is 8.99. The van der Waals surface area contributed by atoms with E-state index in [1.54, 1.807) is 0 Å². The Labute approximate surface area is 89.3 Å². The van der Waals surface area contributed by atoms with Gasteiger partial charge in [-0.3, -0.25) is 5.10 Å². The first kappa shape index (κ1) is 9.93. The smallest absolute Gasteiger partial charge is 0.0953 e. The topological polar surface area (TPSA) is 54.7 Å². The Kier molecular flexibility index (Phi) is 2.56. The van der Waals surface area contributed by atoms with Crippen molar-refractivity contribution >= 4 is 0 Å². The van der Waals surface area contributed by atoms with E-state index in [1.165, 1.54) is 0 Å². The number of benzene rings is 1. The molecule has 0 radical (unpaired) electrons. The van der Waals surface area contributed by atoms with E-state index in [9.17, 15) is 0 Å². The van der Waals surface area contributed by atoms with Crippen LogP contribution in [0.25, 0.3) is 11.3 Å². The highest BCUT2D eigenvalue weighted by atomic mass is 15.1. The highest BCUT2D eigenvalue weighted by Crippen LogP contribution is 2.24. The Hall–Kier alpha value is -1.61. The lowest BCUT2D eigenvalue weighted by Gasteiger charge is -2.03. The van der Waals surface area contributed by atoms with Gasteiger partial charge in [0.15, 0.2) is 0 Å². The Bertz CT molecular complexity index is 443. The number of rotatable bonds is 2. The fourth-order valence-corrected chi connectivity index (χ4v) is 1.73. The molecule has 3 heteroatoms. The zero-order chi connectivity index (χ0) is 10.8. The molecule has 0 fully saturated rings. The van der Waals surface area contributed by atoms with Gasteiger partial charge in [-0.15, -0.1) is 0 Å². The number of H-pyrrole nitrogens is 1. The van der Waals surface area contributed by atoms with E-state index in [4.69, 9.17) is 5.73 Å². The number of aromatic nitrogens is 2. The number of nitrogens with zero attached hydrogens (tertiary/aromatic N) is 1. The average Bonchev–Trinajstić information content (AvgIpc) is 2.61. The molecule has 1 aromatic carbocycles. The minimum atomic E-state index is -0.00466. The molecule has 3 nitrogen and oxygen atoms in total. The predicted octanol–water partition coefficient (Wildman–Crippen LogP) is 2.40. The third-order valence-electron chi connectivity index (χ3n) is 2.55. The maximum Gasteiger partial charge on any atom is 0.0953 e. The van der Waals surface area contributed by atoms with Gasteiger partial charge < -0.3 is 5.73 Å². The van der Waals surface area contributed by atoms with Crippen LogP contribution in [0, 0.1) is 6.92 Å². The van der Waals surface area contributed by atoms with Crippen molar-refractivity contribution < 1.29 is 0 Å². The van der Waals surface area contributed by atoms with Crippen LogP contribution in [0.1, 0.15) is 24.2 Å². The molecule has 0 saturated heterocycles. The maximum atomic E-state index is 5.83. The number of hydrogen-bond donors (Lipinski definition) is 2. The van der Waals surface area contributed by atoms with Crippen molar-refractivity contribution in [1.29, 1.82) is 0 Å².